The van der Waals surface area contributed by atoms with Gasteiger partial charge in [-0.25, -0.2) is 4.79 Å². The van der Waals surface area contributed by atoms with Crippen molar-refractivity contribution < 1.29 is 33.6 Å². The Kier molecular flexibility index (Phi) is 13.6. The highest BCUT2D eigenvalue weighted by Crippen LogP contribution is 2.51. The van der Waals surface area contributed by atoms with Crippen LogP contribution in [0.25, 0.3) is 0 Å². The highest BCUT2D eigenvalue weighted by molar-refractivity contribution is 8.00. The normalized spacial score (nSPS) is 21.4. The Morgan fingerprint density at radius 2 is 1.13 bits per heavy atom. The van der Waals surface area contributed by atoms with Crippen LogP contribution in [0.5, 0.6) is 0 Å². The molecule has 5 aromatic carbocycles. The monoisotopic (exact) mass is 766 g/mol. The van der Waals surface area contributed by atoms with E-state index in [9.17, 15) is 9.90 Å². The fourth-order valence-electron chi connectivity index (χ4n) is 6.32. The second-order valence-corrected chi connectivity index (χ2v) is 16.2. The molecule has 6 rings (SSSR count). The predicted octanol–water partition coefficient (Wildman–Crippen LogP) is 9.53. The summed E-state index contributed by atoms with van der Waals surface area (Å²) in [5.74, 6) is -0.593. The Hall–Kier alpha value is -3.99. The van der Waals surface area contributed by atoms with Gasteiger partial charge in [0.05, 0.1) is 48.9 Å². The Balaban J connectivity index is 1.43. The zero-order valence-corrected chi connectivity index (χ0v) is 32.4. The average Bonchev–Trinajstić information content (AvgIpc) is 3.17. The molecule has 0 unspecified atom stereocenters. The molecule has 7 nitrogen and oxygen atoms in total. The van der Waals surface area contributed by atoms with E-state index in [1.165, 1.54) is 11.8 Å². The molecule has 0 radical (unpaired) electrons. The van der Waals surface area contributed by atoms with Crippen molar-refractivity contribution in [3.8, 4) is 0 Å². The first-order valence-electron chi connectivity index (χ1n) is 18.1. The van der Waals surface area contributed by atoms with Crippen molar-refractivity contribution in [2.75, 3.05) is 6.61 Å². The third-order valence-electron chi connectivity index (χ3n) is 8.94. The Morgan fingerprint density at radius 3 is 1.63 bits per heavy atom. The molecule has 0 spiro atoms. The summed E-state index contributed by atoms with van der Waals surface area (Å²) >= 11 is 7.90. The molecule has 1 aliphatic rings. The van der Waals surface area contributed by atoms with Gasteiger partial charge in [-0.2, -0.15) is 0 Å². The van der Waals surface area contributed by atoms with E-state index in [1.807, 2.05) is 121 Å². The Morgan fingerprint density at radius 1 is 0.667 bits per heavy atom. The molecule has 1 N–H and O–H groups in total. The zero-order chi connectivity index (χ0) is 38.0. The maximum Gasteiger partial charge on any atom is 0.340 e. The molecule has 0 bridgehead atoms. The fourth-order valence-corrected chi connectivity index (χ4v) is 8.11. The van der Waals surface area contributed by atoms with Crippen molar-refractivity contribution in [2.45, 2.75) is 81.3 Å². The third-order valence-corrected chi connectivity index (χ3v) is 10.8. The highest BCUT2D eigenvalue weighted by Gasteiger charge is 2.57. The summed E-state index contributed by atoms with van der Waals surface area (Å²) in [7, 11) is 0. The number of halogens is 1. The third kappa shape index (κ3) is 10.6. The van der Waals surface area contributed by atoms with Gasteiger partial charge in [-0.1, -0.05) is 139 Å². The molecule has 9 heteroatoms. The van der Waals surface area contributed by atoms with Crippen LogP contribution in [0.15, 0.2) is 140 Å². The quantitative estimate of drug-likeness (QED) is 0.106. The minimum absolute atomic E-state index is 0.140. The van der Waals surface area contributed by atoms with E-state index in [0.29, 0.717) is 18.8 Å². The molecule has 1 saturated heterocycles. The van der Waals surface area contributed by atoms with E-state index < -0.39 is 40.1 Å². The number of aliphatic hydroxyl groups is 1. The lowest BCUT2D eigenvalue weighted by molar-refractivity contribution is -0.199. The van der Waals surface area contributed by atoms with Crippen molar-refractivity contribution in [3.63, 3.8) is 0 Å². The summed E-state index contributed by atoms with van der Waals surface area (Å²) in [6, 6.07) is 44.5. The number of thioether (sulfide) groups is 1. The van der Waals surface area contributed by atoms with E-state index in [0.717, 1.165) is 22.3 Å². The largest absolute Gasteiger partial charge is 0.456 e. The van der Waals surface area contributed by atoms with E-state index in [1.54, 1.807) is 39.0 Å². The van der Waals surface area contributed by atoms with E-state index in [-0.39, 0.29) is 30.4 Å². The van der Waals surface area contributed by atoms with E-state index in [2.05, 4.69) is 0 Å². The summed E-state index contributed by atoms with van der Waals surface area (Å²) in [5.41, 5.74) is 3.70. The number of ether oxygens (including phenoxy) is 5. The molecule has 282 valence electrons. The highest BCUT2D eigenvalue weighted by atomic mass is 35.5. The molecule has 1 fully saturated rings. The summed E-state index contributed by atoms with van der Waals surface area (Å²) < 4.78 is 32.6. The molecule has 0 saturated carbocycles. The molecule has 1 aliphatic heterocycles. The predicted molar refractivity (Wildman–Crippen MR) is 213 cm³/mol. The molecular formula is C45H47ClO7S. The van der Waals surface area contributed by atoms with Gasteiger partial charge in [-0.05, 0) is 60.7 Å². The lowest BCUT2D eigenvalue weighted by atomic mass is 9.92. The average molecular weight is 767 g/mol. The molecular weight excluding hydrogens is 720 g/mol. The van der Waals surface area contributed by atoms with Crippen LogP contribution in [-0.4, -0.2) is 46.8 Å². The van der Waals surface area contributed by atoms with E-state index >= 15 is 0 Å². The van der Waals surface area contributed by atoms with Crippen molar-refractivity contribution in [1.82, 2.24) is 0 Å². The van der Waals surface area contributed by atoms with Crippen molar-refractivity contribution in [2.24, 2.45) is 0 Å². The second kappa shape index (κ2) is 18.6. The van der Waals surface area contributed by atoms with Crippen molar-refractivity contribution >= 4 is 29.3 Å². The lowest BCUT2D eigenvalue weighted by Gasteiger charge is -2.50. The first-order valence-corrected chi connectivity index (χ1v) is 19.4. The molecule has 0 aliphatic carbocycles. The first-order chi connectivity index (χ1) is 26.1. The second-order valence-electron chi connectivity index (χ2n) is 14.3. The Bertz CT molecular complexity index is 1910. The van der Waals surface area contributed by atoms with Gasteiger partial charge < -0.3 is 28.8 Å². The summed E-state index contributed by atoms with van der Waals surface area (Å²) in [4.78, 5) is 11.7. The van der Waals surface area contributed by atoms with Crippen LogP contribution < -0.4 is 0 Å². The Labute approximate surface area is 327 Å². The van der Waals surface area contributed by atoms with Crippen LogP contribution in [0, 0.1) is 0 Å². The SMILES string of the molecule is CC(C)(C)OC(=O)c1cc([C@]2(O)S[C@@H](COCc3ccccc3)[C@@H](OCc3ccccc3)[C@H](OCc3ccccc3)[C@H]2OCc2ccccc2)ccc1Cl. The maximum atomic E-state index is 13.5. The van der Waals surface area contributed by atoms with Crippen LogP contribution in [-0.2, 0) is 55.0 Å². The van der Waals surface area contributed by atoms with Crippen LogP contribution in [0.1, 0.15) is 58.9 Å². The molecule has 1 heterocycles. The number of carbonyl (C=O) groups is 1. The van der Waals surface area contributed by atoms with Gasteiger partial charge in [0.2, 0.25) is 0 Å². The number of benzene rings is 5. The number of hydrogen-bond donors (Lipinski definition) is 1. The van der Waals surface area contributed by atoms with Crippen LogP contribution in [0.2, 0.25) is 5.02 Å². The van der Waals surface area contributed by atoms with E-state index in [4.69, 9.17) is 35.3 Å². The van der Waals surface area contributed by atoms with Gasteiger partial charge in [0, 0.05) is 0 Å². The van der Waals surface area contributed by atoms with Gasteiger partial charge in [0.1, 0.15) is 23.9 Å². The molecule has 54 heavy (non-hydrogen) atoms. The van der Waals surface area contributed by atoms with Gasteiger partial charge in [-0.3, -0.25) is 0 Å². The summed E-state index contributed by atoms with van der Waals surface area (Å²) in [6.45, 7) is 6.72. The fraction of sp³-hybridized carbons (Fsp3) is 0.311. The van der Waals surface area contributed by atoms with Crippen LogP contribution >= 0.6 is 23.4 Å². The number of esters is 1. The van der Waals surface area contributed by atoms with Gasteiger partial charge in [-0.15, -0.1) is 11.8 Å². The van der Waals surface area contributed by atoms with Crippen LogP contribution in [0.4, 0.5) is 0 Å². The van der Waals surface area contributed by atoms with Gasteiger partial charge in [0.25, 0.3) is 0 Å². The minimum atomic E-state index is -1.76. The molecule has 0 aromatic heterocycles. The number of rotatable bonds is 15. The van der Waals surface area contributed by atoms with Gasteiger partial charge in [0.15, 0.2) is 4.93 Å². The number of hydrogen-bond acceptors (Lipinski definition) is 8. The van der Waals surface area contributed by atoms with Gasteiger partial charge >= 0.3 is 5.97 Å². The number of carbonyl (C=O) groups excluding carboxylic acids is 1. The summed E-state index contributed by atoms with van der Waals surface area (Å²) in [6.07, 6.45) is -2.37. The topological polar surface area (TPSA) is 83.5 Å². The smallest absolute Gasteiger partial charge is 0.340 e. The van der Waals surface area contributed by atoms with Crippen molar-refractivity contribution in [3.05, 3.63) is 178 Å². The first kappa shape index (κ1) is 39.7. The zero-order valence-electron chi connectivity index (χ0n) is 30.8. The molecule has 5 aromatic rings. The van der Waals surface area contributed by atoms with Crippen LogP contribution in [0.3, 0.4) is 0 Å². The minimum Gasteiger partial charge on any atom is -0.456 e. The summed E-state index contributed by atoms with van der Waals surface area (Å²) in [5, 5.41) is 13.0. The lowest BCUT2D eigenvalue weighted by Crippen LogP contribution is -2.61. The maximum absolute atomic E-state index is 13.5. The standard InChI is InChI=1S/C45H47ClO7S/c1-44(2,3)53-43(47)37-26-36(24-25-38(37)46)45(48)42(52-30-35-22-14-7-15-23-35)41(51-29-34-20-12-6-13-21-34)40(50-28-33-18-10-5-11-19-33)39(54-45)31-49-27-32-16-8-4-9-17-32/h4-26,39-42,48H,27-31H2,1-3H3/t39-,40+,41-,42+,45-/m0/s1. The molecule has 5 atom stereocenters. The molecule has 0 amide bonds. The van der Waals surface area contributed by atoms with Crippen molar-refractivity contribution in [1.29, 1.82) is 0 Å².